The largest absolute Gasteiger partial charge is 0.497 e. The Hall–Kier alpha value is -2.82. The van der Waals surface area contributed by atoms with Crippen LogP contribution >= 0.6 is 0 Å². The normalized spacial score (nSPS) is 11.0. The fourth-order valence-electron chi connectivity index (χ4n) is 3.56. The molecule has 0 saturated heterocycles. The molecule has 0 aliphatic carbocycles. The summed E-state index contributed by atoms with van der Waals surface area (Å²) >= 11 is 0. The Morgan fingerprint density at radius 2 is 1.83 bits per heavy atom. The minimum Gasteiger partial charge on any atom is -0.497 e. The number of para-hydroxylation sites is 2. The Labute approximate surface area is 173 Å². The molecule has 0 atom stereocenters. The van der Waals surface area contributed by atoms with Crippen LogP contribution in [0.25, 0.3) is 11.0 Å². The van der Waals surface area contributed by atoms with Gasteiger partial charge in [0.2, 0.25) is 0 Å². The third kappa shape index (κ3) is 5.59. The van der Waals surface area contributed by atoms with Gasteiger partial charge in [0, 0.05) is 25.1 Å². The molecular weight excluding hydrogens is 362 g/mol. The molecule has 29 heavy (non-hydrogen) atoms. The Balaban J connectivity index is 1.55. The topological polar surface area (TPSA) is 56.2 Å². The van der Waals surface area contributed by atoms with Crippen LogP contribution in [0.3, 0.4) is 0 Å². The molecule has 3 rings (SSSR count). The molecule has 0 radical (unpaired) electrons. The number of nitrogens with one attached hydrogen (secondary N) is 1. The molecule has 154 valence electrons. The van der Waals surface area contributed by atoms with E-state index in [-0.39, 0.29) is 5.91 Å². The van der Waals surface area contributed by atoms with Crippen molar-refractivity contribution in [3.8, 4) is 5.75 Å². The van der Waals surface area contributed by atoms with Crippen molar-refractivity contribution in [2.24, 2.45) is 0 Å². The minimum absolute atomic E-state index is 0.0549. The molecule has 0 saturated carbocycles. The summed E-state index contributed by atoms with van der Waals surface area (Å²) in [6.45, 7) is 3.87. The van der Waals surface area contributed by atoms with Crippen LogP contribution in [0.5, 0.6) is 5.75 Å². The van der Waals surface area contributed by atoms with Gasteiger partial charge in [-0.3, -0.25) is 4.79 Å². The molecule has 0 aliphatic heterocycles. The van der Waals surface area contributed by atoms with Crippen molar-refractivity contribution in [3.63, 3.8) is 0 Å². The first-order valence-electron chi connectivity index (χ1n) is 10.6. The van der Waals surface area contributed by atoms with Crippen molar-refractivity contribution in [2.75, 3.05) is 13.7 Å². The van der Waals surface area contributed by atoms with E-state index >= 15 is 0 Å². The second kappa shape index (κ2) is 10.6. The zero-order valence-corrected chi connectivity index (χ0v) is 17.5. The standard InChI is InChI=1S/C24H31N3O2/c1-3-4-5-8-18-27-22-11-7-6-10-21(22)26-23(27)12-9-17-25-24(28)19-13-15-20(29-2)16-14-19/h6-7,10-11,13-16H,3-5,8-9,12,17-18H2,1-2H3,(H,25,28). The number of aryl methyl sites for hydroxylation is 2. The fourth-order valence-corrected chi connectivity index (χ4v) is 3.56. The lowest BCUT2D eigenvalue weighted by Gasteiger charge is -2.10. The number of unbranched alkanes of at least 4 members (excludes halogenated alkanes) is 3. The Kier molecular flexibility index (Phi) is 7.68. The molecule has 2 aromatic carbocycles. The summed E-state index contributed by atoms with van der Waals surface area (Å²) < 4.78 is 7.49. The van der Waals surface area contributed by atoms with Gasteiger partial charge in [0.25, 0.3) is 5.91 Å². The molecule has 1 N–H and O–H groups in total. The molecule has 1 heterocycles. The van der Waals surface area contributed by atoms with Gasteiger partial charge in [-0.15, -0.1) is 0 Å². The third-order valence-electron chi connectivity index (χ3n) is 5.18. The van der Waals surface area contributed by atoms with Gasteiger partial charge in [0.1, 0.15) is 11.6 Å². The van der Waals surface area contributed by atoms with Crippen LogP contribution in [0.1, 0.15) is 55.2 Å². The smallest absolute Gasteiger partial charge is 0.251 e. The lowest BCUT2D eigenvalue weighted by molar-refractivity contribution is 0.0953. The van der Waals surface area contributed by atoms with E-state index in [1.165, 1.54) is 31.2 Å². The molecule has 5 heteroatoms. The molecule has 5 nitrogen and oxygen atoms in total. The van der Waals surface area contributed by atoms with Crippen LogP contribution in [0.15, 0.2) is 48.5 Å². The van der Waals surface area contributed by atoms with E-state index in [1.54, 1.807) is 31.4 Å². The number of benzene rings is 2. The predicted octanol–water partition coefficient (Wildman–Crippen LogP) is 4.99. The number of carbonyl (C=O) groups excluding carboxylic acids is 1. The summed E-state index contributed by atoms with van der Waals surface area (Å²) in [6, 6.07) is 15.5. The van der Waals surface area contributed by atoms with E-state index in [2.05, 4.69) is 35.0 Å². The first-order chi connectivity index (χ1) is 14.2. The zero-order chi connectivity index (χ0) is 20.5. The van der Waals surface area contributed by atoms with Gasteiger partial charge in [-0.2, -0.15) is 0 Å². The highest BCUT2D eigenvalue weighted by molar-refractivity contribution is 5.94. The minimum atomic E-state index is -0.0549. The van der Waals surface area contributed by atoms with E-state index in [4.69, 9.17) is 9.72 Å². The van der Waals surface area contributed by atoms with Crippen molar-refractivity contribution in [2.45, 2.75) is 52.0 Å². The van der Waals surface area contributed by atoms with Gasteiger partial charge in [-0.25, -0.2) is 4.98 Å². The number of hydrogen-bond acceptors (Lipinski definition) is 3. The highest BCUT2D eigenvalue weighted by Gasteiger charge is 2.11. The van der Waals surface area contributed by atoms with Crippen molar-refractivity contribution >= 4 is 16.9 Å². The van der Waals surface area contributed by atoms with Gasteiger partial charge < -0.3 is 14.6 Å². The molecule has 3 aromatic rings. The average Bonchev–Trinajstić information content (AvgIpc) is 3.11. The van der Waals surface area contributed by atoms with Gasteiger partial charge in [-0.05, 0) is 49.2 Å². The van der Waals surface area contributed by atoms with E-state index < -0.39 is 0 Å². The monoisotopic (exact) mass is 393 g/mol. The summed E-state index contributed by atoms with van der Waals surface area (Å²) in [6.07, 6.45) is 6.66. The molecule has 0 aliphatic rings. The molecule has 0 bridgehead atoms. The van der Waals surface area contributed by atoms with Crippen LogP contribution in [0, 0.1) is 0 Å². The molecule has 0 unspecified atom stereocenters. The number of amides is 1. The maximum absolute atomic E-state index is 12.3. The lowest BCUT2D eigenvalue weighted by Crippen LogP contribution is -2.25. The van der Waals surface area contributed by atoms with Crippen molar-refractivity contribution < 1.29 is 9.53 Å². The highest BCUT2D eigenvalue weighted by atomic mass is 16.5. The summed E-state index contributed by atoms with van der Waals surface area (Å²) in [5.74, 6) is 1.81. The van der Waals surface area contributed by atoms with Crippen molar-refractivity contribution in [3.05, 3.63) is 59.9 Å². The summed E-state index contributed by atoms with van der Waals surface area (Å²) in [7, 11) is 1.62. The predicted molar refractivity (Wildman–Crippen MR) is 118 cm³/mol. The van der Waals surface area contributed by atoms with E-state index in [0.29, 0.717) is 12.1 Å². The van der Waals surface area contributed by atoms with Crippen LogP contribution < -0.4 is 10.1 Å². The van der Waals surface area contributed by atoms with Crippen LogP contribution in [0.4, 0.5) is 0 Å². The van der Waals surface area contributed by atoms with Gasteiger partial charge in [-0.1, -0.05) is 38.3 Å². The number of fused-ring (bicyclic) bond motifs is 1. The maximum atomic E-state index is 12.3. The number of ether oxygens (including phenoxy) is 1. The van der Waals surface area contributed by atoms with Gasteiger partial charge in [0.15, 0.2) is 0 Å². The number of imidazole rings is 1. The number of aromatic nitrogens is 2. The highest BCUT2D eigenvalue weighted by Crippen LogP contribution is 2.18. The molecular formula is C24H31N3O2. The van der Waals surface area contributed by atoms with Crippen LogP contribution in [-0.2, 0) is 13.0 Å². The fraction of sp³-hybridized carbons (Fsp3) is 0.417. The summed E-state index contributed by atoms with van der Waals surface area (Å²) in [5.41, 5.74) is 2.91. The summed E-state index contributed by atoms with van der Waals surface area (Å²) in [5, 5.41) is 3.00. The van der Waals surface area contributed by atoms with Gasteiger partial charge in [0.05, 0.1) is 18.1 Å². The maximum Gasteiger partial charge on any atom is 0.251 e. The molecule has 1 aromatic heterocycles. The van der Waals surface area contributed by atoms with Crippen molar-refractivity contribution in [1.29, 1.82) is 0 Å². The quantitative estimate of drug-likeness (QED) is 0.467. The van der Waals surface area contributed by atoms with Crippen molar-refractivity contribution in [1.82, 2.24) is 14.9 Å². The Morgan fingerprint density at radius 3 is 2.59 bits per heavy atom. The Bertz CT molecular complexity index is 916. The van der Waals surface area contributed by atoms with E-state index in [1.807, 2.05) is 6.07 Å². The first-order valence-corrected chi connectivity index (χ1v) is 10.6. The number of rotatable bonds is 11. The molecule has 1 amide bonds. The second-order valence-electron chi connectivity index (χ2n) is 7.32. The zero-order valence-electron chi connectivity index (χ0n) is 17.5. The number of methoxy groups -OCH3 is 1. The summed E-state index contributed by atoms with van der Waals surface area (Å²) in [4.78, 5) is 17.1. The Morgan fingerprint density at radius 1 is 1.03 bits per heavy atom. The van der Waals surface area contributed by atoms with Gasteiger partial charge >= 0.3 is 0 Å². The third-order valence-corrected chi connectivity index (χ3v) is 5.18. The SMILES string of the molecule is CCCCCCn1c(CCCNC(=O)c2ccc(OC)cc2)nc2ccccc21. The van der Waals surface area contributed by atoms with Crippen LogP contribution in [-0.4, -0.2) is 29.1 Å². The number of hydrogen-bond donors (Lipinski definition) is 1. The van der Waals surface area contributed by atoms with E-state index in [9.17, 15) is 4.79 Å². The number of carbonyl (C=O) groups is 1. The lowest BCUT2D eigenvalue weighted by atomic mass is 10.2. The second-order valence-corrected chi connectivity index (χ2v) is 7.32. The molecule has 0 spiro atoms. The van der Waals surface area contributed by atoms with E-state index in [0.717, 1.165) is 36.5 Å². The number of nitrogens with zero attached hydrogens (tertiary/aromatic N) is 2. The molecule has 0 fully saturated rings. The average molecular weight is 394 g/mol. The van der Waals surface area contributed by atoms with Crippen LogP contribution in [0.2, 0.25) is 0 Å². The first kappa shape index (κ1) is 20.9.